The molecule has 5 rings (SSSR count). The average Bonchev–Trinajstić information content (AvgIpc) is 3.41. The molecule has 1 saturated heterocycles. The summed E-state index contributed by atoms with van der Waals surface area (Å²) >= 11 is 0. The Balaban J connectivity index is 1.30. The number of nitrogens with zero attached hydrogens (tertiary/aromatic N) is 5. The van der Waals surface area contributed by atoms with Crippen LogP contribution in [-0.2, 0) is 0 Å². The molecule has 3 aromatic rings. The van der Waals surface area contributed by atoms with E-state index in [1.807, 2.05) is 12.1 Å². The topological polar surface area (TPSA) is 58.4 Å². The quantitative estimate of drug-likeness (QED) is 0.781. The third kappa shape index (κ3) is 2.98. The highest BCUT2D eigenvalue weighted by molar-refractivity contribution is 5.67. The Morgan fingerprint density at radius 3 is 2.54 bits per heavy atom. The largest absolute Gasteiger partial charge is 0.379 e. The SMILES string of the molecule is Fc1ccc(N2CCC(Nc3cc(C4CC4)nn4cnnc34)CC2)cc1. The Bertz CT molecular complexity index is 909. The Hall–Kier alpha value is -2.70. The summed E-state index contributed by atoms with van der Waals surface area (Å²) in [7, 11) is 0. The van der Waals surface area contributed by atoms with Crippen LogP contribution in [-0.4, -0.2) is 38.9 Å². The van der Waals surface area contributed by atoms with Crippen LogP contribution in [0, 0.1) is 5.82 Å². The second kappa shape index (κ2) is 6.23. The van der Waals surface area contributed by atoms with Crippen LogP contribution in [0.1, 0.15) is 37.3 Å². The number of benzene rings is 1. The average molecular weight is 352 g/mol. The first-order chi connectivity index (χ1) is 12.8. The van der Waals surface area contributed by atoms with E-state index in [1.165, 1.54) is 25.0 Å². The maximum absolute atomic E-state index is 13.1. The van der Waals surface area contributed by atoms with E-state index in [0.29, 0.717) is 12.0 Å². The van der Waals surface area contributed by atoms with Crippen molar-refractivity contribution in [1.29, 1.82) is 0 Å². The molecule has 1 aliphatic heterocycles. The van der Waals surface area contributed by atoms with Crippen LogP contribution in [0.3, 0.4) is 0 Å². The maximum atomic E-state index is 13.1. The molecule has 0 unspecified atom stereocenters. The monoisotopic (exact) mass is 352 g/mol. The molecule has 6 nitrogen and oxygen atoms in total. The van der Waals surface area contributed by atoms with Crippen molar-refractivity contribution in [3.05, 3.63) is 48.2 Å². The predicted molar refractivity (Wildman–Crippen MR) is 98.0 cm³/mol. The lowest BCUT2D eigenvalue weighted by Gasteiger charge is -2.34. The molecule has 0 amide bonds. The fraction of sp³-hybridized carbons (Fsp3) is 0.421. The van der Waals surface area contributed by atoms with E-state index in [0.717, 1.165) is 48.6 Å². The zero-order chi connectivity index (χ0) is 17.5. The number of anilines is 2. The van der Waals surface area contributed by atoms with Gasteiger partial charge in [-0.15, -0.1) is 10.2 Å². The summed E-state index contributed by atoms with van der Waals surface area (Å²) in [5.74, 6) is 0.398. The van der Waals surface area contributed by atoms with Crippen molar-refractivity contribution >= 4 is 17.0 Å². The molecule has 134 valence electrons. The van der Waals surface area contributed by atoms with Crippen LogP contribution in [0.5, 0.6) is 0 Å². The van der Waals surface area contributed by atoms with Gasteiger partial charge < -0.3 is 10.2 Å². The lowest BCUT2D eigenvalue weighted by Crippen LogP contribution is -2.39. The van der Waals surface area contributed by atoms with Crippen LogP contribution in [0.4, 0.5) is 15.8 Å². The predicted octanol–water partition coefficient (Wildman–Crippen LogP) is 3.22. The molecule has 7 heteroatoms. The molecule has 2 aliphatic rings. The fourth-order valence-corrected chi connectivity index (χ4v) is 3.68. The van der Waals surface area contributed by atoms with Gasteiger partial charge in [-0.3, -0.25) is 0 Å². The molecular weight excluding hydrogens is 331 g/mol. The molecule has 3 heterocycles. The van der Waals surface area contributed by atoms with Crippen LogP contribution in [0.25, 0.3) is 5.65 Å². The Morgan fingerprint density at radius 2 is 1.81 bits per heavy atom. The zero-order valence-electron chi connectivity index (χ0n) is 14.5. The Morgan fingerprint density at radius 1 is 1.04 bits per heavy atom. The minimum absolute atomic E-state index is 0.188. The zero-order valence-corrected chi connectivity index (χ0v) is 14.5. The van der Waals surface area contributed by atoms with Crippen LogP contribution < -0.4 is 10.2 Å². The maximum Gasteiger partial charge on any atom is 0.200 e. The van der Waals surface area contributed by atoms with Gasteiger partial charge in [-0.2, -0.15) is 9.61 Å². The highest BCUT2D eigenvalue weighted by Crippen LogP contribution is 2.40. The summed E-state index contributed by atoms with van der Waals surface area (Å²) in [6.07, 6.45) is 6.16. The Kier molecular flexibility index (Phi) is 3.72. The van der Waals surface area contributed by atoms with Gasteiger partial charge in [0, 0.05) is 30.7 Å². The van der Waals surface area contributed by atoms with Gasteiger partial charge in [0.15, 0.2) is 0 Å². The van der Waals surface area contributed by atoms with E-state index < -0.39 is 0 Å². The molecule has 0 radical (unpaired) electrons. The molecular formula is C19H21FN6. The third-order valence-electron chi connectivity index (χ3n) is 5.33. The lowest BCUT2D eigenvalue weighted by molar-refractivity contribution is 0.526. The van der Waals surface area contributed by atoms with Gasteiger partial charge in [-0.05, 0) is 56.0 Å². The first-order valence-corrected chi connectivity index (χ1v) is 9.24. The number of rotatable bonds is 4. The second-order valence-corrected chi connectivity index (χ2v) is 7.24. The normalized spacial score (nSPS) is 18.4. The van der Waals surface area contributed by atoms with E-state index >= 15 is 0 Å². The summed E-state index contributed by atoms with van der Waals surface area (Å²) < 4.78 is 14.9. The number of hydrogen-bond donors (Lipinski definition) is 1. The first kappa shape index (κ1) is 15.5. The first-order valence-electron chi connectivity index (χ1n) is 9.24. The van der Waals surface area contributed by atoms with Gasteiger partial charge in [0.05, 0.1) is 11.4 Å². The van der Waals surface area contributed by atoms with Crippen molar-refractivity contribution in [1.82, 2.24) is 19.8 Å². The van der Waals surface area contributed by atoms with Gasteiger partial charge in [0.2, 0.25) is 5.65 Å². The van der Waals surface area contributed by atoms with Crippen LogP contribution >= 0.6 is 0 Å². The molecule has 1 aliphatic carbocycles. The standard InChI is InChI=1S/C19H21FN6/c20-14-3-5-16(6-4-14)25-9-7-15(8-10-25)22-18-11-17(13-1-2-13)24-26-12-21-23-19(18)26/h3-6,11-13,15,22H,1-2,7-10H2. The van der Waals surface area contributed by atoms with E-state index in [9.17, 15) is 4.39 Å². The molecule has 0 bridgehead atoms. The van der Waals surface area contributed by atoms with Gasteiger partial charge >= 0.3 is 0 Å². The summed E-state index contributed by atoms with van der Waals surface area (Å²) in [6.45, 7) is 1.90. The highest BCUT2D eigenvalue weighted by atomic mass is 19.1. The summed E-state index contributed by atoms with van der Waals surface area (Å²) in [5, 5.41) is 16.5. The summed E-state index contributed by atoms with van der Waals surface area (Å²) in [4.78, 5) is 2.31. The molecule has 0 atom stereocenters. The number of piperidine rings is 1. The molecule has 26 heavy (non-hydrogen) atoms. The van der Waals surface area contributed by atoms with E-state index in [4.69, 9.17) is 0 Å². The van der Waals surface area contributed by atoms with Crippen molar-refractivity contribution in [2.24, 2.45) is 0 Å². The van der Waals surface area contributed by atoms with Gasteiger partial charge in [-0.25, -0.2) is 4.39 Å². The number of hydrogen-bond acceptors (Lipinski definition) is 5. The third-order valence-corrected chi connectivity index (χ3v) is 5.33. The van der Waals surface area contributed by atoms with E-state index in [-0.39, 0.29) is 5.82 Å². The van der Waals surface area contributed by atoms with Crippen LogP contribution in [0.15, 0.2) is 36.7 Å². The van der Waals surface area contributed by atoms with Crippen molar-refractivity contribution < 1.29 is 4.39 Å². The molecule has 2 fully saturated rings. The molecule has 1 aromatic carbocycles. The smallest absolute Gasteiger partial charge is 0.200 e. The van der Waals surface area contributed by atoms with Crippen molar-refractivity contribution in [2.45, 2.75) is 37.6 Å². The number of nitrogens with one attached hydrogen (secondary N) is 1. The summed E-state index contributed by atoms with van der Waals surface area (Å²) in [5.41, 5.74) is 4.03. The second-order valence-electron chi connectivity index (χ2n) is 7.24. The van der Waals surface area contributed by atoms with Crippen LogP contribution in [0.2, 0.25) is 0 Å². The Labute approximate surface area is 151 Å². The highest BCUT2D eigenvalue weighted by Gasteiger charge is 2.27. The lowest BCUT2D eigenvalue weighted by atomic mass is 10.0. The van der Waals surface area contributed by atoms with Gasteiger partial charge in [0.1, 0.15) is 12.1 Å². The number of fused-ring (bicyclic) bond motifs is 1. The minimum Gasteiger partial charge on any atom is -0.379 e. The molecule has 0 spiro atoms. The minimum atomic E-state index is -0.188. The summed E-state index contributed by atoms with van der Waals surface area (Å²) in [6, 6.07) is 9.30. The molecule has 1 saturated carbocycles. The fourth-order valence-electron chi connectivity index (χ4n) is 3.68. The van der Waals surface area contributed by atoms with E-state index in [2.05, 4.69) is 31.6 Å². The van der Waals surface area contributed by atoms with Gasteiger partial charge in [0.25, 0.3) is 0 Å². The van der Waals surface area contributed by atoms with Crippen molar-refractivity contribution in [3.8, 4) is 0 Å². The van der Waals surface area contributed by atoms with E-state index in [1.54, 1.807) is 10.8 Å². The van der Waals surface area contributed by atoms with Gasteiger partial charge in [-0.1, -0.05) is 0 Å². The number of halogens is 1. The van der Waals surface area contributed by atoms with Crippen molar-refractivity contribution in [2.75, 3.05) is 23.3 Å². The van der Waals surface area contributed by atoms with Crippen molar-refractivity contribution in [3.63, 3.8) is 0 Å². The molecule has 1 N–H and O–H groups in total. The molecule has 2 aromatic heterocycles. The number of aromatic nitrogens is 4.